The van der Waals surface area contributed by atoms with Gasteiger partial charge < -0.3 is 27.2 Å². The van der Waals surface area contributed by atoms with Crippen molar-refractivity contribution in [2.75, 3.05) is 20.4 Å². The molecule has 0 radical (unpaired) electrons. The normalized spacial score (nSPS) is 9.65. The lowest BCUT2D eigenvalue weighted by Crippen LogP contribution is -2.13. The molecule has 0 saturated carbocycles. The van der Waals surface area contributed by atoms with Crippen LogP contribution in [0.4, 0.5) is 0 Å². The first kappa shape index (κ1) is 31.5. The second-order valence-corrected chi connectivity index (χ2v) is 8.31. The zero-order chi connectivity index (χ0) is 21.8. The number of rotatable bonds is 6. The van der Waals surface area contributed by atoms with Crippen molar-refractivity contribution >= 4 is 30.5 Å². The number of amidine groups is 3. The number of nitrogens with one attached hydrogen (secondary N) is 4. The molecule has 152 valence electrons. The molecule has 10 N–H and O–H groups in total. The molecule has 0 saturated heterocycles. The molecule has 0 aromatic carbocycles. The monoisotopic (exact) mass is 389 g/mol. The summed E-state index contributed by atoms with van der Waals surface area (Å²) in [4.78, 5) is 2.72. The summed E-state index contributed by atoms with van der Waals surface area (Å²) < 4.78 is 10.5. The zero-order valence-electron chi connectivity index (χ0n) is 16.8. The van der Waals surface area contributed by atoms with Crippen LogP contribution in [0, 0.1) is 22.8 Å². The Balaban J connectivity index is -0.000000126. The van der Waals surface area contributed by atoms with E-state index in [2.05, 4.69) is 15.1 Å². The Morgan fingerprint density at radius 2 is 1.42 bits per heavy atom. The van der Waals surface area contributed by atoms with Crippen molar-refractivity contribution in [1.82, 2.24) is 5.09 Å². The Morgan fingerprint density at radius 3 is 1.50 bits per heavy atom. The number of nitrogens with zero attached hydrogens (tertiary/aromatic N) is 2. The molecule has 26 heavy (non-hydrogen) atoms. The molecule has 0 fully saturated rings. The summed E-state index contributed by atoms with van der Waals surface area (Å²) in [5.74, 6) is 0.733. The summed E-state index contributed by atoms with van der Waals surface area (Å²) in [7, 11) is -0.201. The molecule has 0 aliphatic heterocycles. The van der Waals surface area contributed by atoms with E-state index in [1.165, 1.54) is 0 Å². The van der Waals surface area contributed by atoms with E-state index in [0.29, 0.717) is 37.2 Å². The third-order valence-electron chi connectivity index (χ3n) is 2.29. The van der Waals surface area contributed by atoms with Gasteiger partial charge in [-0.1, -0.05) is 20.8 Å². The minimum atomic E-state index is -1.90. The molecular weight excluding hydrogens is 353 g/mol. The van der Waals surface area contributed by atoms with E-state index in [-0.39, 0.29) is 11.7 Å². The van der Waals surface area contributed by atoms with Gasteiger partial charge in [0.2, 0.25) is 0 Å². The summed E-state index contributed by atoms with van der Waals surface area (Å²) in [5, 5.41) is 26.2. The average molecular weight is 389 g/mol. The number of hydrogen-bond donors (Lipinski definition) is 7. The van der Waals surface area contributed by atoms with Crippen LogP contribution in [0.15, 0.2) is 5.10 Å². The molecule has 0 unspecified atom stereocenters. The van der Waals surface area contributed by atoms with Crippen LogP contribution in [0.2, 0.25) is 0 Å². The van der Waals surface area contributed by atoms with Gasteiger partial charge in [-0.3, -0.25) is 15.9 Å². The van der Waals surface area contributed by atoms with Crippen LogP contribution in [0.5, 0.6) is 0 Å². The molecular formula is C15H36N9OP. The number of hydrogen-bond acceptors (Lipinski definition) is 5. The summed E-state index contributed by atoms with van der Waals surface area (Å²) in [6.45, 7) is 15.1. The molecule has 11 heteroatoms. The first-order valence-corrected chi connectivity index (χ1v) is 10.6. The van der Waals surface area contributed by atoms with E-state index < -0.39 is 7.29 Å². The Labute approximate surface area is 157 Å². The fourth-order valence-corrected chi connectivity index (χ4v) is 0.490. The first-order chi connectivity index (χ1) is 11.8. The second-order valence-electron chi connectivity index (χ2n) is 5.16. The van der Waals surface area contributed by atoms with E-state index in [9.17, 15) is 4.57 Å². The SMILES string of the molecule is CCC(=N)CC(=N)N.CCC(=N)N.CNP(C)(C)=O.[C-]#[N+]/N=C(\N)CC. The zero-order valence-corrected chi connectivity index (χ0v) is 17.7. The minimum absolute atomic E-state index is 0.0804. The first-order valence-electron chi connectivity index (χ1n) is 7.95. The largest absolute Gasteiger partial charge is 0.388 e. The maximum atomic E-state index is 10.5. The van der Waals surface area contributed by atoms with Crippen molar-refractivity contribution in [2.24, 2.45) is 22.3 Å². The van der Waals surface area contributed by atoms with Crippen molar-refractivity contribution in [1.29, 1.82) is 16.2 Å². The van der Waals surface area contributed by atoms with Gasteiger partial charge in [-0.15, -0.1) is 4.95 Å². The van der Waals surface area contributed by atoms with Crippen molar-refractivity contribution in [2.45, 2.75) is 46.5 Å². The Hall–Kier alpha value is -2.24. The van der Waals surface area contributed by atoms with Gasteiger partial charge in [0.1, 0.15) is 12.4 Å². The van der Waals surface area contributed by atoms with Crippen molar-refractivity contribution < 1.29 is 4.57 Å². The Kier molecular flexibility index (Phi) is 25.2. The summed E-state index contributed by atoms with van der Waals surface area (Å²) >= 11 is 0. The van der Waals surface area contributed by atoms with Gasteiger partial charge in [0.05, 0.1) is 11.7 Å². The van der Waals surface area contributed by atoms with Crippen LogP contribution in [-0.2, 0) is 4.57 Å². The summed E-state index contributed by atoms with van der Waals surface area (Å²) in [6.07, 6.45) is 2.35. The van der Waals surface area contributed by atoms with Crippen molar-refractivity contribution in [3.05, 3.63) is 11.5 Å². The van der Waals surface area contributed by atoms with Gasteiger partial charge in [-0.25, -0.2) is 0 Å². The molecule has 0 spiro atoms. The lowest BCUT2D eigenvalue weighted by atomic mass is 10.2. The molecule has 0 aromatic rings. The van der Waals surface area contributed by atoms with Crippen molar-refractivity contribution in [3.63, 3.8) is 0 Å². The van der Waals surface area contributed by atoms with E-state index in [1.807, 2.05) is 20.8 Å². The quantitative estimate of drug-likeness (QED) is 0.120. The van der Waals surface area contributed by atoms with E-state index >= 15 is 0 Å². The van der Waals surface area contributed by atoms with E-state index in [1.54, 1.807) is 20.4 Å². The molecule has 0 atom stereocenters. The van der Waals surface area contributed by atoms with Crippen LogP contribution in [0.3, 0.4) is 0 Å². The lowest BCUT2D eigenvalue weighted by molar-refractivity contribution is 0.577. The standard InChI is InChI=1S/C5H11N3.C4H7N3.C3H8N2.C3H10NOP/c1-2-4(6)3-5(7)8;1-3-4(5)7-6-2;1-2-3(4)5;1-4-6(2,3)5/h6H,2-3H2,1H3,(H3,7,8);3H2,1H3,(H2,5,7);2H2,1H3,(H3,4,5);1-3H3,(H,4,5). The van der Waals surface area contributed by atoms with Crippen LogP contribution in [0.25, 0.3) is 4.95 Å². The van der Waals surface area contributed by atoms with E-state index in [0.717, 1.165) is 0 Å². The third kappa shape index (κ3) is 49.5. The minimum Gasteiger partial charge on any atom is -0.388 e. The van der Waals surface area contributed by atoms with Gasteiger partial charge >= 0.3 is 0 Å². The van der Waals surface area contributed by atoms with Crippen LogP contribution in [0.1, 0.15) is 46.5 Å². The van der Waals surface area contributed by atoms with Gasteiger partial charge in [0, 0.05) is 38.3 Å². The lowest BCUT2D eigenvalue weighted by Gasteiger charge is -1.99. The van der Waals surface area contributed by atoms with Gasteiger partial charge in [-0.05, 0) is 13.5 Å². The summed E-state index contributed by atoms with van der Waals surface area (Å²) in [5.41, 5.74) is 15.5. The fourth-order valence-electron chi connectivity index (χ4n) is 0.490. The highest BCUT2D eigenvalue weighted by Crippen LogP contribution is 2.27. The Morgan fingerprint density at radius 1 is 1.04 bits per heavy atom. The predicted octanol–water partition coefficient (Wildman–Crippen LogP) is 2.41. The van der Waals surface area contributed by atoms with Crippen LogP contribution in [-0.4, -0.2) is 43.6 Å². The smallest absolute Gasteiger partial charge is 0.182 e. The van der Waals surface area contributed by atoms with Gasteiger partial charge in [-0.2, -0.15) is 6.57 Å². The van der Waals surface area contributed by atoms with Crippen LogP contribution < -0.4 is 22.3 Å². The molecule has 0 aliphatic carbocycles. The van der Waals surface area contributed by atoms with Gasteiger partial charge in [0.25, 0.3) is 0 Å². The number of nitrogens with two attached hydrogens (primary N) is 3. The maximum absolute atomic E-state index is 10.5. The average Bonchev–Trinajstić information content (AvgIpc) is 2.55. The highest BCUT2D eigenvalue weighted by molar-refractivity contribution is 7.60. The van der Waals surface area contributed by atoms with Crippen molar-refractivity contribution in [3.8, 4) is 0 Å². The molecule has 0 aromatic heterocycles. The van der Waals surface area contributed by atoms with E-state index in [4.69, 9.17) is 40.0 Å². The molecule has 0 bridgehead atoms. The fraction of sp³-hybridized carbons (Fsp3) is 0.667. The highest BCUT2D eigenvalue weighted by Gasteiger charge is 1.97. The molecule has 0 amide bonds. The molecule has 0 aliphatic rings. The predicted molar refractivity (Wildman–Crippen MR) is 114 cm³/mol. The third-order valence-corrected chi connectivity index (χ3v) is 3.37. The Bertz CT molecular complexity index is 518. The van der Waals surface area contributed by atoms with Gasteiger partial charge in [0.15, 0.2) is 5.84 Å². The summed E-state index contributed by atoms with van der Waals surface area (Å²) in [6, 6.07) is 0. The topological polar surface area (TPSA) is 195 Å². The maximum Gasteiger partial charge on any atom is 0.182 e. The second kappa shape index (κ2) is 20.8. The molecule has 10 nitrogen and oxygen atoms in total. The molecule has 0 heterocycles. The molecule has 0 rings (SSSR count). The highest BCUT2D eigenvalue weighted by atomic mass is 31.2. The van der Waals surface area contributed by atoms with Crippen LogP contribution >= 0.6 is 7.29 Å².